The van der Waals surface area contributed by atoms with Crippen molar-refractivity contribution in [3.05, 3.63) is 95.6 Å². The molecule has 1 N–H and O–H groups in total. The average Bonchev–Trinajstić information content (AvgIpc) is 2.70. The Labute approximate surface area is 159 Å². The van der Waals surface area contributed by atoms with Crippen LogP contribution < -0.4 is 10.2 Å². The summed E-state index contributed by atoms with van der Waals surface area (Å²) in [5.41, 5.74) is 4.44. The maximum Gasteiger partial charge on any atom is 0.316 e. The molecular weight excluding hydrogens is 336 g/mol. The largest absolute Gasteiger partial charge is 0.318 e. The van der Waals surface area contributed by atoms with Crippen LogP contribution >= 0.6 is 0 Å². The maximum absolute atomic E-state index is 12.9. The van der Waals surface area contributed by atoms with E-state index in [1.54, 1.807) is 6.07 Å². The zero-order valence-electron chi connectivity index (χ0n) is 15.5. The van der Waals surface area contributed by atoms with Crippen molar-refractivity contribution in [2.24, 2.45) is 0 Å². The smallest absolute Gasteiger partial charge is 0.316 e. The van der Waals surface area contributed by atoms with Gasteiger partial charge in [0.2, 0.25) is 0 Å². The molecule has 27 heavy (non-hydrogen) atoms. The predicted octanol–water partition coefficient (Wildman–Crippen LogP) is 4.48. The second-order valence-corrected chi connectivity index (χ2v) is 6.47. The van der Waals surface area contributed by atoms with Crippen molar-refractivity contribution in [1.29, 1.82) is 0 Å². The van der Waals surface area contributed by atoms with Crippen LogP contribution in [-0.2, 0) is 16.1 Å². The first-order valence-corrected chi connectivity index (χ1v) is 8.83. The van der Waals surface area contributed by atoms with Crippen molar-refractivity contribution in [3.63, 3.8) is 0 Å². The van der Waals surface area contributed by atoms with Gasteiger partial charge in [-0.25, -0.2) is 0 Å². The summed E-state index contributed by atoms with van der Waals surface area (Å²) >= 11 is 0. The molecule has 0 radical (unpaired) electrons. The number of hydrogen-bond acceptors (Lipinski definition) is 2. The number of carbonyl (C=O) groups is 2. The monoisotopic (exact) mass is 358 g/mol. The second kappa shape index (κ2) is 8.32. The Morgan fingerprint density at radius 3 is 2.07 bits per heavy atom. The lowest BCUT2D eigenvalue weighted by Crippen LogP contribution is -2.39. The first kappa shape index (κ1) is 18.4. The Balaban J connectivity index is 1.83. The molecule has 3 aromatic carbocycles. The molecule has 0 spiro atoms. The van der Waals surface area contributed by atoms with Gasteiger partial charge in [0.1, 0.15) is 0 Å². The fourth-order valence-electron chi connectivity index (χ4n) is 2.78. The van der Waals surface area contributed by atoms with Gasteiger partial charge in [0.25, 0.3) is 0 Å². The quantitative estimate of drug-likeness (QED) is 0.699. The van der Waals surface area contributed by atoms with Crippen LogP contribution in [0.1, 0.15) is 16.7 Å². The third kappa shape index (κ3) is 4.61. The minimum atomic E-state index is -0.655. The summed E-state index contributed by atoms with van der Waals surface area (Å²) < 4.78 is 0. The number of benzene rings is 3. The molecule has 4 heteroatoms. The van der Waals surface area contributed by atoms with Crippen molar-refractivity contribution >= 4 is 23.2 Å². The Hall–Kier alpha value is -3.40. The molecule has 4 nitrogen and oxygen atoms in total. The Morgan fingerprint density at radius 2 is 1.44 bits per heavy atom. The summed E-state index contributed by atoms with van der Waals surface area (Å²) in [6.07, 6.45) is 0. The van der Waals surface area contributed by atoms with E-state index in [0.29, 0.717) is 17.9 Å². The highest BCUT2D eigenvalue weighted by atomic mass is 16.2. The van der Waals surface area contributed by atoms with Gasteiger partial charge in [-0.2, -0.15) is 0 Å². The van der Waals surface area contributed by atoms with E-state index < -0.39 is 11.8 Å². The number of aryl methyl sites for hydroxylation is 2. The molecule has 0 bridgehead atoms. The van der Waals surface area contributed by atoms with Crippen molar-refractivity contribution in [3.8, 4) is 0 Å². The Morgan fingerprint density at radius 1 is 0.815 bits per heavy atom. The number of para-hydroxylation sites is 1. The predicted molar refractivity (Wildman–Crippen MR) is 109 cm³/mol. The lowest BCUT2D eigenvalue weighted by molar-refractivity contribution is -0.134. The van der Waals surface area contributed by atoms with Gasteiger partial charge >= 0.3 is 11.8 Å². The number of anilines is 2. The molecule has 0 atom stereocenters. The number of carbonyl (C=O) groups excluding carboxylic acids is 2. The van der Waals surface area contributed by atoms with E-state index >= 15 is 0 Å². The normalized spacial score (nSPS) is 10.3. The lowest BCUT2D eigenvalue weighted by Gasteiger charge is -2.22. The molecule has 0 fully saturated rings. The highest BCUT2D eigenvalue weighted by Gasteiger charge is 2.23. The molecule has 0 saturated carbocycles. The third-order valence-electron chi connectivity index (χ3n) is 4.46. The van der Waals surface area contributed by atoms with Gasteiger partial charge in [-0.3, -0.25) is 14.5 Å². The first-order chi connectivity index (χ1) is 13.0. The number of nitrogens with one attached hydrogen (secondary N) is 1. The molecular formula is C23H22N2O2. The molecule has 0 heterocycles. The molecule has 0 aliphatic carbocycles. The molecule has 136 valence electrons. The van der Waals surface area contributed by atoms with Crippen molar-refractivity contribution in [2.75, 3.05) is 10.2 Å². The molecule has 0 aliphatic heterocycles. The molecule has 0 aliphatic rings. The van der Waals surface area contributed by atoms with Gasteiger partial charge in [-0.15, -0.1) is 0 Å². The number of hydrogen-bond donors (Lipinski definition) is 1. The van der Waals surface area contributed by atoms with E-state index in [4.69, 9.17) is 0 Å². The Kier molecular flexibility index (Phi) is 5.67. The third-order valence-corrected chi connectivity index (χ3v) is 4.46. The van der Waals surface area contributed by atoms with Crippen LogP contribution in [0.5, 0.6) is 0 Å². The number of rotatable bonds is 4. The van der Waals surface area contributed by atoms with Crippen molar-refractivity contribution < 1.29 is 9.59 Å². The van der Waals surface area contributed by atoms with Gasteiger partial charge in [-0.1, -0.05) is 54.6 Å². The summed E-state index contributed by atoms with van der Waals surface area (Å²) in [5.74, 6) is -1.25. The van der Waals surface area contributed by atoms with E-state index in [1.165, 1.54) is 4.90 Å². The fourth-order valence-corrected chi connectivity index (χ4v) is 2.78. The van der Waals surface area contributed by atoms with Gasteiger partial charge in [0.05, 0.1) is 6.54 Å². The van der Waals surface area contributed by atoms with E-state index in [2.05, 4.69) is 5.32 Å². The SMILES string of the molecule is Cc1ccc(NC(=O)C(=O)N(Cc2ccccc2)c2ccccc2)cc1C. The van der Waals surface area contributed by atoms with Crippen LogP contribution in [-0.4, -0.2) is 11.8 Å². The zero-order chi connectivity index (χ0) is 19.2. The molecule has 3 rings (SSSR count). The minimum Gasteiger partial charge on any atom is -0.318 e. The van der Waals surface area contributed by atoms with E-state index in [0.717, 1.165) is 16.7 Å². The van der Waals surface area contributed by atoms with E-state index in [1.807, 2.05) is 86.6 Å². The standard InChI is InChI=1S/C23H22N2O2/c1-17-13-14-20(15-18(17)2)24-22(26)23(27)25(21-11-7-4-8-12-21)16-19-9-5-3-6-10-19/h3-15H,16H2,1-2H3,(H,24,26). The van der Waals surface area contributed by atoms with Gasteiger partial charge in [0, 0.05) is 11.4 Å². The van der Waals surface area contributed by atoms with E-state index in [-0.39, 0.29) is 0 Å². The van der Waals surface area contributed by atoms with E-state index in [9.17, 15) is 9.59 Å². The summed E-state index contributed by atoms with van der Waals surface area (Å²) in [6.45, 7) is 4.30. The van der Waals surface area contributed by atoms with Gasteiger partial charge in [-0.05, 0) is 54.8 Å². The highest BCUT2D eigenvalue weighted by Crippen LogP contribution is 2.19. The first-order valence-electron chi connectivity index (χ1n) is 8.83. The average molecular weight is 358 g/mol. The summed E-state index contributed by atoms with van der Waals surface area (Å²) in [5, 5.41) is 2.72. The second-order valence-electron chi connectivity index (χ2n) is 6.47. The fraction of sp³-hybridized carbons (Fsp3) is 0.130. The summed E-state index contributed by atoms with van der Waals surface area (Å²) in [7, 11) is 0. The number of amides is 2. The van der Waals surface area contributed by atoms with Gasteiger partial charge in [0.15, 0.2) is 0 Å². The molecule has 3 aromatic rings. The number of nitrogens with zero attached hydrogens (tertiary/aromatic N) is 1. The minimum absolute atomic E-state index is 0.323. The van der Waals surface area contributed by atoms with Crippen LogP contribution in [0.25, 0.3) is 0 Å². The maximum atomic E-state index is 12.9. The highest BCUT2D eigenvalue weighted by molar-refractivity contribution is 6.44. The summed E-state index contributed by atoms with van der Waals surface area (Å²) in [6, 6.07) is 24.4. The topological polar surface area (TPSA) is 49.4 Å². The van der Waals surface area contributed by atoms with Crippen LogP contribution in [0.4, 0.5) is 11.4 Å². The van der Waals surface area contributed by atoms with Crippen molar-refractivity contribution in [2.45, 2.75) is 20.4 Å². The van der Waals surface area contributed by atoms with Gasteiger partial charge < -0.3 is 5.32 Å². The Bertz CT molecular complexity index is 937. The molecule has 2 amide bonds. The lowest BCUT2D eigenvalue weighted by atomic mass is 10.1. The van der Waals surface area contributed by atoms with Crippen LogP contribution in [0.3, 0.4) is 0 Å². The summed E-state index contributed by atoms with van der Waals surface area (Å²) in [4.78, 5) is 27.0. The van der Waals surface area contributed by atoms with Crippen molar-refractivity contribution in [1.82, 2.24) is 0 Å². The molecule has 0 saturated heterocycles. The molecule has 0 unspecified atom stereocenters. The van der Waals surface area contributed by atoms with Crippen LogP contribution in [0.2, 0.25) is 0 Å². The van der Waals surface area contributed by atoms with Crippen LogP contribution in [0.15, 0.2) is 78.9 Å². The zero-order valence-corrected chi connectivity index (χ0v) is 15.5. The van der Waals surface area contributed by atoms with Crippen LogP contribution in [0, 0.1) is 13.8 Å². The molecule has 0 aromatic heterocycles.